The molecule has 0 bridgehead atoms. The zero-order chi connectivity index (χ0) is 21.5. The molecule has 1 heterocycles. The van der Waals surface area contributed by atoms with Crippen molar-refractivity contribution in [3.8, 4) is 0 Å². The Morgan fingerprint density at radius 2 is 1.65 bits per heavy atom. The van der Waals surface area contributed by atoms with Gasteiger partial charge in [-0.2, -0.15) is 0 Å². The van der Waals surface area contributed by atoms with Gasteiger partial charge in [0.05, 0.1) is 0 Å². The minimum absolute atomic E-state index is 0.716. The Morgan fingerprint density at radius 1 is 0.839 bits per heavy atom. The summed E-state index contributed by atoms with van der Waals surface area (Å²) in [5.74, 6) is 5.39. The topological polar surface area (TPSA) is 12.0 Å². The first kappa shape index (κ1) is 22.0. The molecule has 0 amide bonds. The molecule has 1 aromatic rings. The van der Waals surface area contributed by atoms with Gasteiger partial charge >= 0.3 is 0 Å². The third-order valence-corrected chi connectivity index (χ3v) is 11.3. The Balaban J connectivity index is 0.000000171. The van der Waals surface area contributed by atoms with Crippen LogP contribution in [0.15, 0.2) is 24.3 Å². The predicted molar refractivity (Wildman–Crippen MR) is 132 cm³/mol. The summed E-state index contributed by atoms with van der Waals surface area (Å²) >= 11 is 0. The minimum Gasteiger partial charge on any atom is -0.312 e. The van der Waals surface area contributed by atoms with Gasteiger partial charge < -0.3 is 5.32 Å². The zero-order valence-corrected chi connectivity index (χ0v) is 20.6. The van der Waals surface area contributed by atoms with Gasteiger partial charge in [-0.05, 0) is 116 Å². The number of hydrogen-bond acceptors (Lipinski definition) is 1. The molecule has 6 rings (SSSR count). The van der Waals surface area contributed by atoms with Crippen molar-refractivity contribution in [3.63, 3.8) is 0 Å². The Bertz CT molecular complexity index is 730. The SMILES string of the molecule is CC[C@H]1CC[C@H]2[C@@H]3CCC4CCCC[C@]4(C)[C@H]3CC[C@]12C.c1ccc2c(c1)CCNC2. The van der Waals surface area contributed by atoms with Crippen LogP contribution in [0.25, 0.3) is 0 Å². The molecule has 0 radical (unpaired) electrons. The average Bonchev–Trinajstić information content (AvgIpc) is 3.15. The van der Waals surface area contributed by atoms with Gasteiger partial charge in [0, 0.05) is 6.54 Å². The van der Waals surface area contributed by atoms with Crippen LogP contribution in [0.4, 0.5) is 0 Å². The maximum absolute atomic E-state index is 3.34. The molecule has 7 atom stereocenters. The van der Waals surface area contributed by atoms with E-state index in [1.54, 1.807) is 51.4 Å². The molecule has 1 N–H and O–H groups in total. The number of benzene rings is 1. The number of fused-ring (bicyclic) bond motifs is 6. The Hall–Kier alpha value is -0.820. The van der Waals surface area contributed by atoms with Crippen LogP contribution in [0.1, 0.15) is 103 Å². The third-order valence-electron chi connectivity index (χ3n) is 11.3. The summed E-state index contributed by atoms with van der Waals surface area (Å²) in [5, 5.41) is 3.34. The highest BCUT2D eigenvalue weighted by molar-refractivity contribution is 5.28. The molecule has 4 fully saturated rings. The average molecular weight is 422 g/mol. The normalized spacial score (nSPS) is 43.5. The van der Waals surface area contributed by atoms with Crippen molar-refractivity contribution in [1.82, 2.24) is 5.32 Å². The van der Waals surface area contributed by atoms with E-state index < -0.39 is 0 Å². The lowest BCUT2D eigenvalue weighted by molar-refractivity contribution is -0.110. The summed E-state index contributed by atoms with van der Waals surface area (Å²) in [6, 6.07) is 8.63. The van der Waals surface area contributed by atoms with E-state index >= 15 is 0 Å². The van der Waals surface area contributed by atoms with Gasteiger partial charge in [0.25, 0.3) is 0 Å². The molecular formula is C30H47N. The summed E-state index contributed by atoms with van der Waals surface area (Å²) in [6.07, 6.45) is 18.2. The molecular weight excluding hydrogens is 374 g/mol. The predicted octanol–water partition coefficient (Wildman–Crippen LogP) is 7.78. The first-order chi connectivity index (χ1) is 15.1. The second-order valence-corrected chi connectivity index (χ2v) is 12.3. The Kier molecular flexibility index (Phi) is 6.28. The molecule has 1 heteroatoms. The fourth-order valence-corrected chi connectivity index (χ4v) is 9.49. The fraction of sp³-hybridized carbons (Fsp3) is 0.800. The van der Waals surface area contributed by atoms with E-state index in [4.69, 9.17) is 0 Å². The number of rotatable bonds is 1. The van der Waals surface area contributed by atoms with Crippen LogP contribution in [0.2, 0.25) is 0 Å². The minimum atomic E-state index is 0.716. The maximum Gasteiger partial charge on any atom is 0.0208 e. The quantitative estimate of drug-likeness (QED) is 0.488. The molecule has 4 saturated carbocycles. The Morgan fingerprint density at radius 3 is 2.45 bits per heavy atom. The van der Waals surface area contributed by atoms with E-state index in [0.29, 0.717) is 5.41 Å². The van der Waals surface area contributed by atoms with Crippen molar-refractivity contribution in [2.45, 2.75) is 104 Å². The summed E-state index contributed by atoms with van der Waals surface area (Å²) in [7, 11) is 0. The zero-order valence-electron chi connectivity index (χ0n) is 20.6. The summed E-state index contributed by atoms with van der Waals surface area (Å²) in [5.41, 5.74) is 4.43. The lowest BCUT2D eigenvalue weighted by Gasteiger charge is -2.60. The van der Waals surface area contributed by atoms with Crippen LogP contribution in [-0.2, 0) is 13.0 Å². The summed E-state index contributed by atoms with van der Waals surface area (Å²) in [6.45, 7) is 10.0. The molecule has 1 aliphatic heterocycles. The van der Waals surface area contributed by atoms with E-state index in [0.717, 1.165) is 48.1 Å². The standard InChI is InChI=1S/C21H36.C9H11N/c1-4-15-9-11-18-17-10-8-16-7-5-6-13-20(16,2)19(17)12-14-21(15,18)3;1-2-4-9-7-10-6-5-8(9)3-1/h15-19H,4-14H2,1-3H3;1-4,10H,5-7H2/t15-,16?,17-,18-,19-,20-,21+;/m0./s1. The first-order valence-corrected chi connectivity index (χ1v) is 13.8. The van der Waals surface area contributed by atoms with E-state index in [2.05, 4.69) is 50.4 Å². The van der Waals surface area contributed by atoms with E-state index in [1.165, 1.54) is 36.8 Å². The highest BCUT2D eigenvalue weighted by Gasteiger charge is 2.59. The molecule has 31 heavy (non-hydrogen) atoms. The smallest absolute Gasteiger partial charge is 0.0208 e. The van der Waals surface area contributed by atoms with Crippen molar-refractivity contribution < 1.29 is 0 Å². The first-order valence-electron chi connectivity index (χ1n) is 13.8. The molecule has 5 aliphatic rings. The van der Waals surface area contributed by atoms with Gasteiger partial charge in [-0.25, -0.2) is 0 Å². The van der Waals surface area contributed by atoms with E-state index in [1.807, 2.05) is 0 Å². The van der Waals surface area contributed by atoms with Crippen LogP contribution in [0.5, 0.6) is 0 Å². The molecule has 4 aliphatic carbocycles. The van der Waals surface area contributed by atoms with Gasteiger partial charge in [0.15, 0.2) is 0 Å². The van der Waals surface area contributed by atoms with Gasteiger partial charge in [-0.3, -0.25) is 0 Å². The maximum atomic E-state index is 3.34. The van der Waals surface area contributed by atoms with Crippen molar-refractivity contribution in [2.75, 3.05) is 6.54 Å². The molecule has 0 aromatic heterocycles. The monoisotopic (exact) mass is 421 g/mol. The Labute approximate surface area is 192 Å². The molecule has 0 spiro atoms. The lowest BCUT2D eigenvalue weighted by atomic mass is 9.45. The van der Waals surface area contributed by atoms with E-state index in [9.17, 15) is 0 Å². The lowest BCUT2D eigenvalue weighted by Crippen LogP contribution is -2.52. The van der Waals surface area contributed by atoms with Gasteiger partial charge in [-0.1, -0.05) is 64.3 Å². The van der Waals surface area contributed by atoms with Crippen molar-refractivity contribution in [1.29, 1.82) is 0 Å². The molecule has 1 nitrogen and oxygen atoms in total. The highest BCUT2D eigenvalue weighted by Crippen LogP contribution is 2.67. The van der Waals surface area contributed by atoms with Gasteiger partial charge in [-0.15, -0.1) is 0 Å². The fourth-order valence-electron chi connectivity index (χ4n) is 9.49. The number of hydrogen-bond donors (Lipinski definition) is 1. The van der Waals surface area contributed by atoms with Gasteiger partial charge in [0.2, 0.25) is 0 Å². The second kappa shape index (κ2) is 8.85. The van der Waals surface area contributed by atoms with Crippen LogP contribution < -0.4 is 5.32 Å². The number of nitrogens with one attached hydrogen (secondary N) is 1. The van der Waals surface area contributed by atoms with Crippen LogP contribution >= 0.6 is 0 Å². The van der Waals surface area contributed by atoms with Crippen LogP contribution in [0.3, 0.4) is 0 Å². The van der Waals surface area contributed by atoms with Crippen LogP contribution in [0, 0.1) is 40.4 Å². The molecule has 1 unspecified atom stereocenters. The van der Waals surface area contributed by atoms with Crippen molar-refractivity contribution >= 4 is 0 Å². The van der Waals surface area contributed by atoms with Gasteiger partial charge in [0.1, 0.15) is 0 Å². The van der Waals surface area contributed by atoms with Crippen LogP contribution in [-0.4, -0.2) is 6.54 Å². The second-order valence-electron chi connectivity index (χ2n) is 12.3. The van der Waals surface area contributed by atoms with Crippen molar-refractivity contribution in [2.24, 2.45) is 40.4 Å². The molecule has 1 aromatic carbocycles. The summed E-state index contributed by atoms with van der Waals surface area (Å²) in [4.78, 5) is 0. The van der Waals surface area contributed by atoms with Crippen molar-refractivity contribution in [3.05, 3.63) is 35.4 Å². The third kappa shape index (κ3) is 3.81. The molecule has 172 valence electrons. The van der Waals surface area contributed by atoms with E-state index in [-0.39, 0.29) is 0 Å². The largest absolute Gasteiger partial charge is 0.312 e. The summed E-state index contributed by atoms with van der Waals surface area (Å²) < 4.78 is 0. The highest BCUT2D eigenvalue weighted by atomic mass is 14.9. The molecule has 0 saturated heterocycles.